The monoisotopic (exact) mass is 370 g/mol. The summed E-state index contributed by atoms with van der Waals surface area (Å²) in [4.78, 5) is 25.8. The third-order valence-corrected chi connectivity index (χ3v) is 5.37. The quantitative estimate of drug-likeness (QED) is 0.596. The first kappa shape index (κ1) is 17.4. The molecule has 2 amide bonds. The SMILES string of the molecule is O=C(CCCNC(=O)c1cccs1)Nc1ccccc1-c1cccs1. The summed E-state index contributed by atoms with van der Waals surface area (Å²) in [7, 11) is 0. The summed E-state index contributed by atoms with van der Waals surface area (Å²) in [5.74, 6) is -0.132. The first-order chi connectivity index (χ1) is 12.2. The van der Waals surface area contributed by atoms with Gasteiger partial charge in [0.15, 0.2) is 0 Å². The van der Waals surface area contributed by atoms with Gasteiger partial charge in [-0.25, -0.2) is 0 Å². The Kier molecular flexibility index (Phi) is 5.98. The van der Waals surface area contributed by atoms with Gasteiger partial charge in [-0.2, -0.15) is 0 Å². The molecular formula is C19H18N2O2S2. The minimum absolute atomic E-state index is 0.0469. The number of rotatable bonds is 7. The Bertz CT molecular complexity index is 827. The molecule has 128 valence electrons. The number of benzene rings is 1. The van der Waals surface area contributed by atoms with Crippen LogP contribution in [0.4, 0.5) is 5.69 Å². The third-order valence-electron chi connectivity index (χ3n) is 3.60. The Labute approximate surface area is 154 Å². The summed E-state index contributed by atoms with van der Waals surface area (Å²) in [6.45, 7) is 0.483. The van der Waals surface area contributed by atoms with E-state index in [-0.39, 0.29) is 11.8 Å². The number of thiophene rings is 2. The van der Waals surface area contributed by atoms with E-state index in [1.54, 1.807) is 17.4 Å². The lowest BCUT2D eigenvalue weighted by atomic mass is 10.1. The van der Waals surface area contributed by atoms with Crippen LogP contribution in [0.15, 0.2) is 59.3 Å². The number of hydrogen-bond donors (Lipinski definition) is 2. The van der Waals surface area contributed by atoms with Gasteiger partial charge in [-0.05, 0) is 35.4 Å². The molecule has 0 fully saturated rings. The summed E-state index contributed by atoms with van der Waals surface area (Å²) in [5.41, 5.74) is 1.84. The Morgan fingerprint density at radius 2 is 1.72 bits per heavy atom. The van der Waals surface area contributed by atoms with Crippen molar-refractivity contribution in [3.05, 3.63) is 64.2 Å². The summed E-state index contributed by atoms with van der Waals surface area (Å²) in [6, 6.07) is 15.4. The minimum Gasteiger partial charge on any atom is -0.351 e. The fourth-order valence-electron chi connectivity index (χ4n) is 2.40. The van der Waals surface area contributed by atoms with E-state index < -0.39 is 0 Å². The highest BCUT2D eigenvalue weighted by Gasteiger charge is 2.10. The predicted octanol–water partition coefficient (Wildman–Crippen LogP) is 4.63. The smallest absolute Gasteiger partial charge is 0.261 e. The molecule has 25 heavy (non-hydrogen) atoms. The standard InChI is InChI=1S/C19H18N2O2S2/c22-18(10-3-11-20-19(23)17-9-5-13-25-17)21-15-7-2-1-6-14(15)16-8-4-12-24-16/h1-2,4-9,12-13H,3,10-11H2,(H,20,23)(H,21,22). The number of amides is 2. The second kappa shape index (κ2) is 8.60. The second-order valence-electron chi connectivity index (χ2n) is 5.41. The number of nitrogens with one attached hydrogen (secondary N) is 2. The Hall–Kier alpha value is -2.44. The Morgan fingerprint density at radius 1 is 0.920 bits per heavy atom. The van der Waals surface area contributed by atoms with Gasteiger partial charge < -0.3 is 10.6 Å². The van der Waals surface area contributed by atoms with Gasteiger partial charge in [-0.1, -0.05) is 30.3 Å². The lowest BCUT2D eigenvalue weighted by Gasteiger charge is -2.10. The molecule has 0 aliphatic heterocycles. The molecule has 0 aliphatic carbocycles. The molecule has 0 spiro atoms. The van der Waals surface area contributed by atoms with Crippen LogP contribution >= 0.6 is 22.7 Å². The zero-order valence-corrected chi connectivity index (χ0v) is 15.2. The van der Waals surface area contributed by atoms with Crippen molar-refractivity contribution in [1.29, 1.82) is 0 Å². The number of carbonyl (C=O) groups is 2. The van der Waals surface area contributed by atoms with E-state index in [0.29, 0.717) is 24.3 Å². The van der Waals surface area contributed by atoms with Crippen molar-refractivity contribution in [3.8, 4) is 10.4 Å². The summed E-state index contributed by atoms with van der Waals surface area (Å²) in [5, 5.41) is 9.69. The summed E-state index contributed by atoms with van der Waals surface area (Å²) >= 11 is 3.05. The third kappa shape index (κ3) is 4.78. The fourth-order valence-corrected chi connectivity index (χ4v) is 3.80. The minimum atomic E-state index is -0.0848. The zero-order valence-electron chi connectivity index (χ0n) is 13.5. The molecule has 3 aromatic rings. The van der Waals surface area contributed by atoms with Crippen molar-refractivity contribution in [2.75, 3.05) is 11.9 Å². The van der Waals surface area contributed by atoms with Crippen molar-refractivity contribution in [3.63, 3.8) is 0 Å². The van der Waals surface area contributed by atoms with E-state index in [1.165, 1.54) is 11.3 Å². The summed E-state index contributed by atoms with van der Waals surface area (Å²) in [6.07, 6.45) is 0.966. The molecule has 0 atom stereocenters. The van der Waals surface area contributed by atoms with Gasteiger partial charge in [-0.15, -0.1) is 22.7 Å². The molecule has 0 aliphatic rings. The Morgan fingerprint density at radius 3 is 2.48 bits per heavy atom. The van der Waals surface area contributed by atoms with Crippen molar-refractivity contribution < 1.29 is 9.59 Å². The number of anilines is 1. The van der Waals surface area contributed by atoms with Gasteiger partial charge in [0.2, 0.25) is 5.91 Å². The van der Waals surface area contributed by atoms with E-state index in [1.807, 2.05) is 53.2 Å². The number of carbonyl (C=O) groups excluding carboxylic acids is 2. The van der Waals surface area contributed by atoms with Crippen LogP contribution in [0.5, 0.6) is 0 Å². The fraction of sp³-hybridized carbons (Fsp3) is 0.158. The molecule has 0 radical (unpaired) electrons. The van der Waals surface area contributed by atoms with Crippen LogP contribution in [-0.2, 0) is 4.79 Å². The molecule has 4 nitrogen and oxygen atoms in total. The highest BCUT2D eigenvalue weighted by Crippen LogP contribution is 2.31. The highest BCUT2D eigenvalue weighted by molar-refractivity contribution is 7.13. The molecule has 0 saturated carbocycles. The van der Waals surface area contributed by atoms with Crippen molar-refractivity contribution in [2.45, 2.75) is 12.8 Å². The van der Waals surface area contributed by atoms with Crippen molar-refractivity contribution in [2.24, 2.45) is 0 Å². The van der Waals surface area contributed by atoms with Crippen LogP contribution in [0.3, 0.4) is 0 Å². The van der Waals surface area contributed by atoms with E-state index in [2.05, 4.69) is 10.6 Å². The second-order valence-corrected chi connectivity index (χ2v) is 7.30. The molecule has 3 rings (SSSR count). The van der Waals surface area contributed by atoms with Crippen LogP contribution in [-0.4, -0.2) is 18.4 Å². The van der Waals surface area contributed by atoms with E-state index in [9.17, 15) is 9.59 Å². The first-order valence-electron chi connectivity index (χ1n) is 7.98. The average Bonchev–Trinajstić information content (AvgIpc) is 3.32. The maximum atomic E-state index is 12.2. The molecule has 0 bridgehead atoms. The largest absolute Gasteiger partial charge is 0.351 e. The van der Waals surface area contributed by atoms with Gasteiger partial charge in [0, 0.05) is 29.1 Å². The van der Waals surface area contributed by atoms with Gasteiger partial charge in [0.25, 0.3) is 5.91 Å². The van der Waals surface area contributed by atoms with Gasteiger partial charge in [-0.3, -0.25) is 9.59 Å². The van der Waals surface area contributed by atoms with Gasteiger partial charge in [0.1, 0.15) is 0 Å². The molecule has 2 aromatic heterocycles. The van der Waals surface area contributed by atoms with E-state index in [4.69, 9.17) is 0 Å². The maximum absolute atomic E-state index is 12.2. The normalized spacial score (nSPS) is 10.4. The predicted molar refractivity (Wildman–Crippen MR) is 104 cm³/mol. The summed E-state index contributed by atoms with van der Waals surface area (Å²) < 4.78 is 0. The molecule has 0 saturated heterocycles. The van der Waals surface area contributed by atoms with E-state index in [0.717, 1.165) is 16.1 Å². The molecule has 1 aromatic carbocycles. The van der Waals surface area contributed by atoms with Crippen LogP contribution in [0, 0.1) is 0 Å². The topological polar surface area (TPSA) is 58.2 Å². The highest BCUT2D eigenvalue weighted by atomic mass is 32.1. The molecular weight excluding hydrogens is 352 g/mol. The molecule has 2 N–H and O–H groups in total. The van der Waals surface area contributed by atoms with Crippen LogP contribution in [0.1, 0.15) is 22.5 Å². The first-order valence-corrected chi connectivity index (χ1v) is 9.74. The van der Waals surface area contributed by atoms with Crippen LogP contribution < -0.4 is 10.6 Å². The molecule has 2 heterocycles. The van der Waals surface area contributed by atoms with Crippen molar-refractivity contribution >= 4 is 40.2 Å². The Balaban J connectivity index is 1.48. The maximum Gasteiger partial charge on any atom is 0.261 e. The lowest BCUT2D eigenvalue weighted by molar-refractivity contribution is -0.116. The zero-order chi connectivity index (χ0) is 17.5. The van der Waals surface area contributed by atoms with Crippen LogP contribution in [0.2, 0.25) is 0 Å². The van der Waals surface area contributed by atoms with Crippen LogP contribution in [0.25, 0.3) is 10.4 Å². The number of para-hydroxylation sites is 1. The molecule has 6 heteroatoms. The van der Waals surface area contributed by atoms with Gasteiger partial charge >= 0.3 is 0 Å². The number of hydrogen-bond acceptors (Lipinski definition) is 4. The lowest BCUT2D eigenvalue weighted by Crippen LogP contribution is -2.24. The molecule has 0 unspecified atom stereocenters. The van der Waals surface area contributed by atoms with Gasteiger partial charge in [0.05, 0.1) is 4.88 Å². The van der Waals surface area contributed by atoms with E-state index >= 15 is 0 Å². The van der Waals surface area contributed by atoms with Crippen molar-refractivity contribution in [1.82, 2.24) is 5.32 Å². The average molecular weight is 370 g/mol.